The number of halogens is 2. The minimum atomic E-state index is -0.466. The molecule has 0 spiro atoms. The molecule has 0 amide bonds. The van der Waals surface area contributed by atoms with Crippen LogP contribution < -0.4 is 0 Å². The highest BCUT2D eigenvalue weighted by molar-refractivity contribution is 6.36. The number of carbonyl (C=O) groups is 1. The Morgan fingerprint density at radius 1 is 1.47 bits per heavy atom. The second-order valence-corrected chi connectivity index (χ2v) is 3.82. The van der Waals surface area contributed by atoms with Crippen molar-refractivity contribution >= 4 is 35.4 Å². The van der Waals surface area contributed by atoms with E-state index in [1.54, 1.807) is 25.1 Å². The number of nitrogens with zero attached hydrogens (tertiary/aromatic N) is 1. The quantitative estimate of drug-likeness (QED) is 0.472. The third kappa shape index (κ3) is 5.06. The van der Waals surface area contributed by atoms with Gasteiger partial charge in [-0.1, -0.05) is 34.4 Å². The lowest BCUT2D eigenvalue weighted by Gasteiger charge is -2.00. The van der Waals surface area contributed by atoms with Crippen LogP contribution in [0.2, 0.25) is 10.0 Å². The van der Waals surface area contributed by atoms with Crippen molar-refractivity contribution in [2.24, 2.45) is 5.16 Å². The summed E-state index contributed by atoms with van der Waals surface area (Å²) in [6, 6.07) is 4.97. The summed E-state index contributed by atoms with van der Waals surface area (Å²) in [6.45, 7) is 1.80. The van der Waals surface area contributed by atoms with E-state index in [2.05, 4.69) is 9.89 Å². The van der Waals surface area contributed by atoms with Crippen LogP contribution in [0.25, 0.3) is 0 Å². The van der Waals surface area contributed by atoms with Crippen molar-refractivity contribution in [3.63, 3.8) is 0 Å². The first kappa shape index (κ1) is 13.8. The normalized spacial score (nSPS) is 10.5. The third-order valence-corrected chi connectivity index (χ3v) is 2.28. The Kier molecular flexibility index (Phi) is 5.80. The molecule has 4 nitrogen and oxygen atoms in total. The van der Waals surface area contributed by atoms with Crippen LogP contribution in [-0.2, 0) is 14.4 Å². The Morgan fingerprint density at radius 2 is 2.24 bits per heavy atom. The SMILES string of the molecule is CCOC(=O)CO/N=C/c1ccc(Cl)cc1Cl. The molecular weight excluding hydrogens is 265 g/mol. The number of rotatable bonds is 5. The molecule has 1 aromatic rings. The number of ether oxygens (including phenoxy) is 1. The summed E-state index contributed by atoms with van der Waals surface area (Å²) in [6.07, 6.45) is 1.40. The highest BCUT2D eigenvalue weighted by atomic mass is 35.5. The molecule has 0 aromatic heterocycles. The zero-order valence-electron chi connectivity index (χ0n) is 9.15. The van der Waals surface area contributed by atoms with E-state index in [0.717, 1.165) is 0 Å². The van der Waals surface area contributed by atoms with Crippen molar-refractivity contribution in [3.05, 3.63) is 33.8 Å². The molecule has 0 aliphatic rings. The van der Waals surface area contributed by atoms with Gasteiger partial charge in [0.1, 0.15) is 0 Å². The van der Waals surface area contributed by atoms with E-state index < -0.39 is 5.97 Å². The number of hydrogen-bond acceptors (Lipinski definition) is 4. The van der Waals surface area contributed by atoms with Crippen molar-refractivity contribution in [2.75, 3.05) is 13.2 Å². The molecule has 0 heterocycles. The highest BCUT2D eigenvalue weighted by Crippen LogP contribution is 2.19. The van der Waals surface area contributed by atoms with Gasteiger partial charge in [0.2, 0.25) is 6.61 Å². The summed E-state index contributed by atoms with van der Waals surface area (Å²) < 4.78 is 4.65. The van der Waals surface area contributed by atoms with Gasteiger partial charge in [-0.05, 0) is 19.1 Å². The summed E-state index contributed by atoms with van der Waals surface area (Å²) in [5.74, 6) is -0.466. The number of esters is 1. The first-order valence-electron chi connectivity index (χ1n) is 4.89. The molecule has 0 atom stereocenters. The van der Waals surface area contributed by atoms with Crippen LogP contribution in [0.4, 0.5) is 0 Å². The molecule has 0 saturated carbocycles. The van der Waals surface area contributed by atoms with Crippen LogP contribution >= 0.6 is 23.2 Å². The molecule has 0 bridgehead atoms. The van der Waals surface area contributed by atoms with Gasteiger partial charge in [0, 0.05) is 10.6 Å². The lowest BCUT2D eigenvalue weighted by Crippen LogP contribution is -2.10. The van der Waals surface area contributed by atoms with Gasteiger partial charge in [0.05, 0.1) is 17.8 Å². The van der Waals surface area contributed by atoms with Crippen LogP contribution in [0.3, 0.4) is 0 Å². The number of benzene rings is 1. The average Bonchev–Trinajstić information content (AvgIpc) is 2.27. The average molecular weight is 276 g/mol. The van der Waals surface area contributed by atoms with Gasteiger partial charge in [-0.25, -0.2) is 4.79 Å². The van der Waals surface area contributed by atoms with E-state index in [1.165, 1.54) is 6.21 Å². The number of oxime groups is 1. The van der Waals surface area contributed by atoms with E-state index in [4.69, 9.17) is 28.0 Å². The zero-order chi connectivity index (χ0) is 12.7. The summed E-state index contributed by atoms with van der Waals surface area (Å²) in [7, 11) is 0. The van der Waals surface area contributed by atoms with Gasteiger partial charge in [0.25, 0.3) is 0 Å². The predicted molar refractivity (Wildman–Crippen MR) is 66.6 cm³/mol. The van der Waals surface area contributed by atoms with Crippen molar-refractivity contribution in [3.8, 4) is 0 Å². The van der Waals surface area contributed by atoms with Crippen molar-refractivity contribution in [1.29, 1.82) is 0 Å². The van der Waals surface area contributed by atoms with E-state index in [9.17, 15) is 4.79 Å². The zero-order valence-corrected chi connectivity index (χ0v) is 10.7. The summed E-state index contributed by atoms with van der Waals surface area (Å²) in [5, 5.41) is 4.60. The summed E-state index contributed by atoms with van der Waals surface area (Å²) in [4.78, 5) is 15.6. The lowest BCUT2D eigenvalue weighted by atomic mass is 10.2. The number of hydrogen-bond donors (Lipinski definition) is 0. The van der Waals surface area contributed by atoms with E-state index in [-0.39, 0.29) is 6.61 Å². The molecule has 0 aliphatic carbocycles. The molecule has 17 heavy (non-hydrogen) atoms. The van der Waals surface area contributed by atoms with Gasteiger partial charge < -0.3 is 9.57 Å². The Bertz CT molecular complexity index is 421. The molecular formula is C11H11Cl2NO3. The van der Waals surface area contributed by atoms with Crippen molar-refractivity contribution in [1.82, 2.24) is 0 Å². The Hall–Kier alpha value is -1.26. The second kappa shape index (κ2) is 7.14. The Morgan fingerprint density at radius 3 is 2.88 bits per heavy atom. The Labute approximate surface area is 109 Å². The monoisotopic (exact) mass is 275 g/mol. The molecule has 0 N–H and O–H groups in total. The minimum Gasteiger partial charge on any atom is -0.463 e. The summed E-state index contributed by atoms with van der Waals surface area (Å²) >= 11 is 11.6. The fourth-order valence-electron chi connectivity index (χ4n) is 0.993. The molecule has 0 unspecified atom stereocenters. The second-order valence-electron chi connectivity index (χ2n) is 2.98. The first-order chi connectivity index (χ1) is 8.13. The van der Waals surface area contributed by atoms with Crippen LogP contribution in [0, 0.1) is 0 Å². The molecule has 0 aliphatic heterocycles. The molecule has 0 fully saturated rings. The molecule has 1 aromatic carbocycles. The maximum absolute atomic E-state index is 10.9. The van der Waals surface area contributed by atoms with Crippen molar-refractivity contribution < 1.29 is 14.4 Å². The minimum absolute atomic E-state index is 0.227. The third-order valence-electron chi connectivity index (χ3n) is 1.72. The van der Waals surface area contributed by atoms with Crippen LogP contribution in [0.1, 0.15) is 12.5 Å². The predicted octanol–water partition coefficient (Wildman–Crippen LogP) is 2.91. The fourth-order valence-corrected chi connectivity index (χ4v) is 1.45. The van der Waals surface area contributed by atoms with Gasteiger partial charge in [-0.3, -0.25) is 0 Å². The van der Waals surface area contributed by atoms with Gasteiger partial charge >= 0.3 is 5.97 Å². The highest BCUT2D eigenvalue weighted by Gasteiger charge is 2.01. The topological polar surface area (TPSA) is 47.9 Å². The molecule has 0 radical (unpaired) electrons. The first-order valence-corrected chi connectivity index (χ1v) is 5.65. The van der Waals surface area contributed by atoms with E-state index in [1.807, 2.05) is 0 Å². The Balaban J connectivity index is 2.45. The van der Waals surface area contributed by atoms with Crippen LogP contribution in [-0.4, -0.2) is 25.4 Å². The smallest absolute Gasteiger partial charge is 0.347 e. The van der Waals surface area contributed by atoms with Gasteiger partial charge in [-0.2, -0.15) is 0 Å². The number of carbonyl (C=O) groups excluding carboxylic acids is 1. The molecule has 92 valence electrons. The maximum Gasteiger partial charge on any atom is 0.347 e. The molecule has 0 saturated heterocycles. The fraction of sp³-hybridized carbons (Fsp3) is 0.273. The standard InChI is InChI=1S/C11H11Cl2NO3/c1-2-16-11(15)7-17-14-6-8-3-4-9(12)5-10(8)13/h3-6H,2,7H2,1H3/b14-6+. The lowest BCUT2D eigenvalue weighted by molar-refractivity contribution is -0.148. The van der Waals surface area contributed by atoms with Gasteiger partial charge in [-0.15, -0.1) is 0 Å². The van der Waals surface area contributed by atoms with E-state index >= 15 is 0 Å². The van der Waals surface area contributed by atoms with Crippen LogP contribution in [0.5, 0.6) is 0 Å². The van der Waals surface area contributed by atoms with Crippen LogP contribution in [0.15, 0.2) is 23.4 Å². The van der Waals surface area contributed by atoms with E-state index in [0.29, 0.717) is 22.2 Å². The largest absolute Gasteiger partial charge is 0.463 e. The maximum atomic E-state index is 10.9. The molecule has 6 heteroatoms. The van der Waals surface area contributed by atoms with Gasteiger partial charge in [0.15, 0.2) is 0 Å². The van der Waals surface area contributed by atoms with Crippen molar-refractivity contribution in [2.45, 2.75) is 6.92 Å². The summed E-state index contributed by atoms with van der Waals surface area (Å²) in [5.41, 5.74) is 0.653. The molecule has 1 rings (SSSR count).